The van der Waals surface area contributed by atoms with Crippen LogP contribution in [0.5, 0.6) is 5.75 Å². The lowest BCUT2D eigenvalue weighted by molar-refractivity contribution is 0.223. The molecule has 0 spiro atoms. The number of rotatable bonds is 3. The molecule has 1 aromatic heterocycles. The first-order valence-corrected chi connectivity index (χ1v) is 7.22. The molecule has 0 bridgehead atoms. The molecule has 1 N–H and O–H groups in total. The molecule has 0 saturated heterocycles. The van der Waals surface area contributed by atoms with Crippen LogP contribution in [0.1, 0.15) is 27.0 Å². The average Bonchev–Trinajstić information content (AvgIpc) is 2.68. The van der Waals surface area contributed by atoms with E-state index in [0.717, 1.165) is 26.2 Å². The fourth-order valence-electron chi connectivity index (χ4n) is 1.85. The number of hydrogen-bond donors (Lipinski definition) is 1. The quantitative estimate of drug-likeness (QED) is 0.915. The van der Waals surface area contributed by atoms with Crippen molar-refractivity contribution in [3.05, 3.63) is 49.6 Å². The number of hydrogen-bond acceptors (Lipinski definition) is 3. The first-order chi connectivity index (χ1) is 8.52. The van der Waals surface area contributed by atoms with Crippen molar-refractivity contribution >= 4 is 27.3 Å². The van der Waals surface area contributed by atoms with Crippen LogP contribution in [0.4, 0.5) is 0 Å². The number of aliphatic hydroxyl groups excluding tert-OH is 1. The van der Waals surface area contributed by atoms with Crippen LogP contribution in [0.2, 0.25) is 0 Å². The first kappa shape index (κ1) is 13.6. The summed E-state index contributed by atoms with van der Waals surface area (Å²) in [6.07, 6.45) is -0.578. The van der Waals surface area contributed by atoms with Crippen molar-refractivity contribution in [2.75, 3.05) is 7.11 Å². The van der Waals surface area contributed by atoms with Crippen LogP contribution in [-0.2, 0) is 0 Å². The molecule has 96 valence electrons. The minimum Gasteiger partial charge on any atom is -0.497 e. The second-order valence-corrected chi connectivity index (χ2v) is 6.32. The maximum atomic E-state index is 10.4. The molecule has 1 heterocycles. The molecule has 2 rings (SSSR count). The van der Waals surface area contributed by atoms with E-state index in [1.807, 2.05) is 38.1 Å². The zero-order chi connectivity index (χ0) is 13.3. The molecular formula is C14H15BrO2S. The summed E-state index contributed by atoms with van der Waals surface area (Å²) < 4.78 is 6.22. The van der Waals surface area contributed by atoms with Crippen molar-refractivity contribution in [2.45, 2.75) is 20.0 Å². The second-order valence-electron chi connectivity index (χ2n) is 4.18. The summed E-state index contributed by atoms with van der Waals surface area (Å²) in [5.74, 6) is 0.812. The summed E-state index contributed by atoms with van der Waals surface area (Å²) in [4.78, 5) is 2.13. The van der Waals surface area contributed by atoms with Gasteiger partial charge in [0.2, 0.25) is 0 Å². The Hall–Kier alpha value is -0.840. The summed E-state index contributed by atoms with van der Waals surface area (Å²) in [5, 5.41) is 10.4. The van der Waals surface area contributed by atoms with E-state index in [2.05, 4.69) is 15.9 Å². The Morgan fingerprint density at radius 2 is 2.00 bits per heavy atom. The average molecular weight is 327 g/mol. The lowest BCUT2D eigenvalue weighted by atomic mass is 10.0. The Kier molecular flexibility index (Phi) is 4.10. The standard InChI is InChI=1S/C14H15BrO2S/c1-8-6-10(17-3)4-5-11(8)14(16)13-7-12(15)9(2)18-13/h4-7,14,16H,1-3H3. The molecule has 0 aliphatic carbocycles. The van der Waals surface area contributed by atoms with Gasteiger partial charge in [-0.3, -0.25) is 0 Å². The fourth-order valence-corrected chi connectivity index (χ4v) is 3.42. The van der Waals surface area contributed by atoms with Gasteiger partial charge in [-0.1, -0.05) is 6.07 Å². The molecule has 0 saturated carbocycles. The second kappa shape index (κ2) is 5.43. The predicted molar refractivity (Wildman–Crippen MR) is 78.5 cm³/mol. The van der Waals surface area contributed by atoms with Crippen molar-refractivity contribution in [2.24, 2.45) is 0 Å². The van der Waals surface area contributed by atoms with Gasteiger partial charge in [-0.15, -0.1) is 11.3 Å². The van der Waals surface area contributed by atoms with E-state index in [4.69, 9.17) is 4.74 Å². The monoisotopic (exact) mass is 326 g/mol. The van der Waals surface area contributed by atoms with E-state index in [9.17, 15) is 5.11 Å². The predicted octanol–water partition coefficient (Wildman–Crippen LogP) is 4.22. The number of aryl methyl sites for hydroxylation is 2. The molecule has 0 aliphatic rings. The van der Waals surface area contributed by atoms with Crippen LogP contribution in [-0.4, -0.2) is 12.2 Å². The van der Waals surface area contributed by atoms with E-state index < -0.39 is 6.10 Å². The number of aliphatic hydroxyl groups is 1. The zero-order valence-electron chi connectivity index (χ0n) is 10.5. The molecule has 1 atom stereocenters. The maximum Gasteiger partial charge on any atom is 0.119 e. The van der Waals surface area contributed by atoms with Gasteiger partial charge in [0.15, 0.2) is 0 Å². The van der Waals surface area contributed by atoms with Gasteiger partial charge in [0.05, 0.1) is 7.11 Å². The van der Waals surface area contributed by atoms with Gasteiger partial charge >= 0.3 is 0 Å². The van der Waals surface area contributed by atoms with Crippen LogP contribution in [0.25, 0.3) is 0 Å². The third-order valence-electron chi connectivity index (χ3n) is 2.92. The van der Waals surface area contributed by atoms with E-state index in [0.29, 0.717) is 0 Å². The van der Waals surface area contributed by atoms with Crippen molar-refractivity contribution in [1.82, 2.24) is 0 Å². The van der Waals surface area contributed by atoms with Crippen LogP contribution in [0.3, 0.4) is 0 Å². The number of benzene rings is 1. The topological polar surface area (TPSA) is 29.5 Å². The zero-order valence-corrected chi connectivity index (χ0v) is 12.9. The van der Waals surface area contributed by atoms with E-state index in [1.165, 1.54) is 4.88 Å². The van der Waals surface area contributed by atoms with E-state index in [1.54, 1.807) is 18.4 Å². The molecule has 0 amide bonds. The third-order valence-corrected chi connectivity index (χ3v) is 5.11. The van der Waals surface area contributed by atoms with Gasteiger partial charge in [0, 0.05) is 14.2 Å². The summed E-state index contributed by atoms with van der Waals surface area (Å²) >= 11 is 5.09. The van der Waals surface area contributed by atoms with E-state index >= 15 is 0 Å². The third kappa shape index (κ3) is 2.60. The van der Waals surface area contributed by atoms with Crippen molar-refractivity contribution in [1.29, 1.82) is 0 Å². The Balaban J connectivity index is 2.36. The van der Waals surface area contributed by atoms with Crippen LogP contribution >= 0.6 is 27.3 Å². The largest absolute Gasteiger partial charge is 0.497 e. The van der Waals surface area contributed by atoms with Crippen molar-refractivity contribution in [3.63, 3.8) is 0 Å². The Bertz CT molecular complexity index is 543. The first-order valence-electron chi connectivity index (χ1n) is 5.61. The van der Waals surface area contributed by atoms with Crippen LogP contribution in [0.15, 0.2) is 28.7 Å². The highest BCUT2D eigenvalue weighted by molar-refractivity contribution is 9.10. The highest BCUT2D eigenvalue weighted by atomic mass is 79.9. The maximum absolute atomic E-state index is 10.4. The smallest absolute Gasteiger partial charge is 0.119 e. The molecule has 0 fully saturated rings. The number of thiophene rings is 1. The lowest BCUT2D eigenvalue weighted by Crippen LogP contribution is -2.00. The van der Waals surface area contributed by atoms with Gasteiger partial charge < -0.3 is 9.84 Å². The van der Waals surface area contributed by atoms with Gasteiger partial charge in [-0.2, -0.15) is 0 Å². The normalized spacial score (nSPS) is 12.5. The molecule has 4 heteroatoms. The van der Waals surface area contributed by atoms with Crippen LogP contribution < -0.4 is 4.74 Å². The number of ether oxygens (including phenoxy) is 1. The minimum absolute atomic E-state index is 0.578. The summed E-state index contributed by atoms with van der Waals surface area (Å²) in [6.45, 7) is 4.02. The van der Waals surface area contributed by atoms with Gasteiger partial charge in [0.1, 0.15) is 11.9 Å². The molecule has 2 nitrogen and oxygen atoms in total. The summed E-state index contributed by atoms with van der Waals surface area (Å²) in [5.41, 5.74) is 1.95. The Morgan fingerprint density at radius 1 is 1.28 bits per heavy atom. The van der Waals surface area contributed by atoms with Crippen LogP contribution in [0, 0.1) is 13.8 Å². The molecule has 2 aromatic rings. The highest BCUT2D eigenvalue weighted by Crippen LogP contribution is 2.35. The molecule has 0 aliphatic heterocycles. The SMILES string of the molecule is COc1ccc(C(O)c2cc(Br)c(C)s2)c(C)c1. The molecule has 18 heavy (non-hydrogen) atoms. The summed E-state index contributed by atoms with van der Waals surface area (Å²) in [6, 6.07) is 7.71. The molecule has 1 aromatic carbocycles. The number of methoxy groups -OCH3 is 1. The molecular weight excluding hydrogens is 312 g/mol. The molecule has 1 unspecified atom stereocenters. The van der Waals surface area contributed by atoms with Gasteiger partial charge in [-0.05, 0) is 59.1 Å². The Labute approximate surface area is 119 Å². The van der Waals surface area contributed by atoms with Crippen molar-refractivity contribution in [3.8, 4) is 5.75 Å². The number of halogens is 1. The highest BCUT2D eigenvalue weighted by Gasteiger charge is 2.16. The van der Waals surface area contributed by atoms with E-state index in [-0.39, 0.29) is 0 Å². The molecule has 0 radical (unpaired) electrons. The minimum atomic E-state index is -0.578. The van der Waals surface area contributed by atoms with Gasteiger partial charge in [-0.25, -0.2) is 0 Å². The Morgan fingerprint density at radius 3 is 2.50 bits per heavy atom. The van der Waals surface area contributed by atoms with Gasteiger partial charge in [0.25, 0.3) is 0 Å². The van der Waals surface area contributed by atoms with Crippen molar-refractivity contribution < 1.29 is 9.84 Å². The summed E-state index contributed by atoms with van der Waals surface area (Å²) in [7, 11) is 1.64. The fraction of sp³-hybridized carbons (Fsp3) is 0.286. The lowest BCUT2D eigenvalue weighted by Gasteiger charge is -2.13.